The zero-order valence-electron chi connectivity index (χ0n) is 23.5. The van der Waals surface area contributed by atoms with Gasteiger partial charge in [-0.1, -0.05) is 12.1 Å². The van der Waals surface area contributed by atoms with Crippen LogP contribution in [0.15, 0.2) is 51.9 Å². The minimum atomic E-state index is -1.73. The first-order chi connectivity index (χ1) is 20.5. The smallest absolute Gasteiger partial charge is 0.229 e. The quantitative estimate of drug-likeness (QED) is 0.191. The predicted octanol–water partition coefficient (Wildman–Crippen LogP) is -0.492. The number of hydrogen-bond acceptors (Lipinski definition) is 14. The average Bonchev–Trinajstić information content (AvgIpc) is 3.02. The Labute approximate surface area is 245 Å². The van der Waals surface area contributed by atoms with Crippen molar-refractivity contribution < 1.29 is 63.5 Å². The standard InChI is InChI=1S/C29H34O14/c1-12-19(30)22(33)24(35)28(41-12)40-11-18-21(32)23(34)25(36)29(43-18)42-17-9-8-15-20(31)16(10-39-26(15)27(17)38-3)13-4-6-14(37-2)7-5-13/h4-10,12,18-19,21-25,28-30,32-36H,11H2,1-3H3/t12-,18-,19+,21-,22-,23-,24-,25-,28-,29-/m1/s1. The molecule has 14 nitrogen and oxygen atoms in total. The highest BCUT2D eigenvalue weighted by Crippen LogP contribution is 2.37. The predicted molar refractivity (Wildman–Crippen MR) is 147 cm³/mol. The lowest BCUT2D eigenvalue weighted by Crippen LogP contribution is -2.61. The Morgan fingerprint density at radius 3 is 2.12 bits per heavy atom. The molecule has 0 radical (unpaired) electrons. The average molecular weight is 607 g/mol. The molecule has 0 unspecified atom stereocenters. The zero-order chi connectivity index (χ0) is 31.0. The van der Waals surface area contributed by atoms with Crippen molar-refractivity contribution >= 4 is 11.0 Å². The summed E-state index contributed by atoms with van der Waals surface area (Å²) in [6, 6.07) is 9.74. The van der Waals surface area contributed by atoms with E-state index in [4.69, 9.17) is 32.8 Å². The molecule has 2 aliphatic rings. The molecule has 43 heavy (non-hydrogen) atoms. The van der Waals surface area contributed by atoms with Gasteiger partial charge in [-0.3, -0.25) is 4.79 Å². The number of aliphatic hydroxyl groups is 6. The van der Waals surface area contributed by atoms with Gasteiger partial charge in [-0.2, -0.15) is 0 Å². The summed E-state index contributed by atoms with van der Waals surface area (Å²) in [4.78, 5) is 13.3. The van der Waals surface area contributed by atoms with E-state index in [0.29, 0.717) is 16.9 Å². The van der Waals surface area contributed by atoms with Crippen LogP contribution in [0.1, 0.15) is 6.92 Å². The molecule has 0 amide bonds. The summed E-state index contributed by atoms with van der Waals surface area (Å²) in [6.45, 7) is 1.02. The van der Waals surface area contributed by atoms with E-state index in [1.54, 1.807) is 24.3 Å². The van der Waals surface area contributed by atoms with E-state index in [0.717, 1.165) is 0 Å². The van der Waals surface area contributed by atoms with Gasteiger partial charge in [0.1, 0.15) is 54.7 Å². The number of rotatable bonds is 8. The minimum Gasteiger partial charge on any atom is -0.497 e. The van der Waals surface area contributed by atoms with Gasteiger partial charge >= 0.3 is 0 Å². The first kappa shape index (κ1) is 31.1. The molecule has 1 aromatic heterocycles. The summed E-state index contributed by atoms with van der Waals surface area (Å²) in [5.41, 5.74) is 0.647. The molecular weight excluding hydrogens is 572 g/mol. The van der Waals surface area contributed by atoms with Crippen molar-refractivity contribution in [1.82, 2.24) is 0 Å². The highest BCUT2D eigenvalue weighted by molar-refractivity contribution is 5.88. The third-order valence-electron chi connectivity index (χ3n) is 7.61. The molecule has 2 saturated heterocycles. The van der Waals surface area contributed by atoms with Crippen LogP contribution in [-0.2, 0) is 14.2 Å². The number of benzene rings is 2. The monoisotopic (exact) mass is 606 g/mol. The van der Waals surface area contributed by atoms with E-state index in [1.807, 2.05) is 0 Å². The Morgan fingerprint density at radius 2 is 1.44 bits per heavy atom. The van der Waals surface area contributed by atoms with E-state index < -0.39 is 68.0 Å². The SMILES string of the molecule is COc1ccc(-c2coc3c(OC)c(O[C@@H]4O[C@H](CO[C@@H]5O[C@H](C)[C@H](O)[C@@H](O)[C@H]5O)[C@@H](O)[C@@H](O)[C@H]4O)ccc3c2=O)cc1. The van der Waals surface area contributed by atoms with Crippen LogP contribution >= 0.6 is 0 Å². The van der Waals surface area contributed by atoms with Crippen LogP contribution in [0.5, 0.6) is 17.2 Å². The fourth-order valence-electron chi connectivity index (χ4n) is 5.03. The van der Waals surface area contributed by atoms with Gasteiger partial charge in [0, 0.05) is 0 Å². The number of methoxy groups -OCH3 is 2. The molecule has 2 fully saturated rings. The van der Waals surface area contributed by atoms with E-state index in [1.165, 1.54) is 39.5 Å². The molecule has 234 valence electrons. The van der Waals surface area contributed by atoms with Gasteiger partial charge in [0.15, 0.2) is 17.6 Å². The summed E-state index contributed by atoms with van der Waals surface area (Å²) in [5.74, 6) is 0.643. The zero-order valence-corrected chi connectivity index (χ0v) is 23.5. The second-order valence-corrected chi connectivity index (χ2v) is 10.3. The van der Waals surface area contributed by atoms with Crippen molar-refractivity contribution in [2.75, 3.05) is 20.8 Å². The van der Waals surface area contributed by atoms with Gasteiger partial charge in [0.25, 0.3) is 0 Å². The molecule has 2 aromatic carbocycles. The highest BCUT2D eigenvalue weighted by Gasteiger charge is 2.47. The largest absolute Gasteiger partial charge is 0.497 e. The summed E-state index contributed by atoms with van der Waals surface area (Å²) < 4.78 is 38.8. The normalized spacial score (nSPS) is 32.9. The van der Waals surface area contributed by atoms with Crippen LogP contribution in [-0.4, -0.2) is 113 Å². The minimum absolute atomic E-state index is 0.000346. The van der Waals surface area contributed by atoms with Crippen LogP contribution in [0.3, 0.4) is 0 Å². The third-order valence-corrected chi connectivity index (χ3v) is 7.61. The maximum atomic E-state index is 13.3. The second-order valence-electron chi connectivity index (χ2n) is 10.3. The number of aliphatic hydroxyl groups excluding tert-OH is 6. The topological polar surface area (TPSA) is 207 Å². The third kappa shape index (κ3) is 5.93. The maximum Gasteiger partial charge on any atom is 0.229 e. The van der Waals surface area contributed by atoms with Crippen molar-refractivity contribution in [2.24, 2.45) is 0 Å². The molecule has 3 heterocycles. The summed E-state index contributed by atoms with van der Waals surface area (Å²) in [5, 5.41) is 61.9. The molecule has 0 aliphatic carbocycles. The van der Waals surface area contributed by atoms with E-state index in [9.17, 15) is 35.4 Å². The van der Waals surface area contributed by atoms with Gasteiger partial charge in [-0.25, -0.2) is 0 Å². The molecule has 6 N–H and O–H groups in total. The molecule has 2 aliphatic heterocycles. The van der Waals surface area contributed by atoms with E-state index in [2.05, 4.69) is 0 Å². The Kier molecular flexibility index (Phi) is 9.22. The van der Waals surface area contributed by atoms with Crippen molar-refractivity contribution in [3.05, 3.63) is 52.9 Å². The first-order valence-corrected chi connectivity index (χ1v) is 13.5. The van der Waals surface area contributed by atoms with E-state index in [-0.39, 0.29) is 27.9 Å². The van der Waals surface area contributed by atoms with E-state index >= 15 is 0 Å². The van der Waals surface area contributed by atoms with Gasteiger partial charge in [-0.15, -0.1) is 0 Å². The first-order valence-electron chi connectivity index (χ1n) is 13.5. The Bertz CT molecular complexity index is 1460. The summed E-state index contributed by atoms with van der Waals surface area (Å²) >= 11 is 0. The fourth-order valence-corrected chi connectivity index (χ4v) is 5.03. The summed E-state index contributed by atoms with van der Waals surface area (Å²) in [7, 11) is 2.87. The molecule has 5 rings (SSSR count). The molecule has 3 aromatic rings. The lowest BCUT2D eigenvalue weighted by Gasteiger charge is -2.42. The van der Waals surface area contributed by atoms with Crippen LogP contribution in [0.2, 0.25) is 0 Å². The summed E-state index contributed by atoms with van der Waals surface area (Å²) in [6.07, 6.45) is -13.3. The van der Waals surface area contributed by atoms with Crippen LogP contribution in [0.4, 0.5) is 0 Å². The lowest BCUT2D eigenvalue weighted by atomic mass is 9.98. The van der Waals surface area contributed by atoms with Crippen LogP contribution < -0.4 is 19.6 Å². The fraction of sp³-hybridized carbons (Fsp3) is 0.483. The highest BCUT2D eigenvalue weighted by atomic mass is 16.7. The Balaban J connectivity index is 1.36. The molecule has 0 saturated carbocycles. The maximum absolute atomic E-state index is 13.3. The number of fused-ring (bicyclic) bond motifs is 1. The molecule has 10 atom stereocenters. The lowest BCUT2D eigenvalue weighted by molar-refractivity contribution is -0.318. The number of ether oxygens (including phenoxy) is 6. The Hall–Kier alpha value is -3.31. The van der Waals surface area contributed by atoms with Crippen molar-refractivity contribution in [3.8, 4) is 28.4 Å². The van der Waals surface area contributed by atoms with Gasteiger partial charge < -0.3 is 63.5 Å². The van der Waals surface area contributed by atoms with Gasteiger partial charge in [0.2, 0.25) is 17.5 Å². The molecule has 0 spiro atoms. The van der Waals surface area contributed by atoms with Crippen LogP contribution in [0.25, 0.3) is 22.1 Å². The Morgan fingerprint density at radius 1 is 0.767 bits per heavy atom. The van der Waals surface area contributed by atoms with Crippen LogP contribution in [0, 0.1) is 0 Å². The van der Waals surface area contributed by atoms with Gasteiger partial charge in [-0.05, 0) is 36.8 Å². The second kappa shape index (κ2) is 12.7. The molecule has 14 heteroatoms. The molecule has 0 bridgehead atoms. The number of hydrogen-bond donors (Lipinski definition) is 6. The molecular formula is C29H34O14. The van der Waals surface area contributed by atoms with Crippen molar-refractivity contribution in [3.63, 3.8) is 0 Å². The van der Waals surface area contributed by atoms with Gasteiger partial charge in [0.05, 0.1) is 37.9 Å². The van der Waals surface area contributed by atoms with Crippen molar-refractivity contribution in [2.45, 2.75) is 68.3 Å². The van der Waals surface area contributed by atoms with Crippen molar-refractivity contribution in [1.29, 1.82) is 0 Å².